The summed E-state index contributed by atoms with van der Waals surface area (Å²) in [5.41, 5.74) is 12.9. The van der Waals surface area contributed by atoms with Crippen molar-refractivity contribution < 1.29 is 42.9 Å². The van der Waals surface area contributed by atoms with E-state index in [2.05, 4.69) is 42.5 Å². The molecular formula is C40H51Cl2NO5PPdS-. The topological polar surface area (TPSA) is 98.8 Å². The molecule has 0 aromatic heterocycles. The molecule has 282 valence electrons. The van der Waals surface area contributed by atoms with Crippen molar-refractivity contribution in [1.29, 1.82) is 0 Å². The van der Waals surface area contributed by atoms with Crippen LogP contribution in [0.15, 0.2) is 91.0 Å². The van der Waals surface area contributed by atoms with Crippen molar-refractivity contribution >= 4 is 52.2 Å². The first-order valence-corrected chi connectivity index (χ1v) is 21.5. The van der Waals surface area contributed by atoms with Gasteiger partial charge in [-0.15, -0.1) is 59.1 Å². The van der Waals surface area contributed by atoms with Crippen molar-refractivity contribution in [3.8, 4) is 33.8 Å². The summed E-state index contributed by atoms with van der Waals surface area (Å²) < 4.78 is 37.5. The number of para-hydroxylation sites is 1. The van der Waals surface area contributed by atoms with Crippen molar-refractivity contribution in [3.63, 3.8) is 0 Å². The number of benzene rings is 4. The summed E-state index contributed by atoms with van der Waals surface area (Å²) in [6.45, 7) is 0. The summed E-state index contributed by atoms with van der Waals surface area (Å²) in [4.78, 5) is 0. The van der Waals surface area contributed by atoms with Crippen LogP contribution in [0.25, 0.3) is 22.3 Å². The maximum absolute atomic E-state index is 9.19. The molecule has 0 atom stereocenters. The van der Waals surface area contributed by atoms with Gasteiger partial charge in [0.25, 0.3) is 10.1 Å². The number of alkyl halides is 2. The van der Waals surface area contributed by atoms with E-state index < -0.39 is 10.1 Å². The summed E-state index contributed by atoms with van der Waals surface area (Å²) in [7, 11) is -0.309. The summed E-state index contributed by atoms with van der Waals surface area (Å²) in [5.74, 6) is 1.83. The van der Waals surface area contributed by atoms with Crippen LogP contribution in [0.4, 0.5) is 5.69 Å². The Labute approximate surface area is 331 Å². The van der Waals surface area contributed by atoms with E-state index in [9.17, 15) is 8.42 Å². The molecule has 2 aliphatic rings. The van der Waals surface area contributed by atoms with E-state index in [0.29, 0.717) is 6.26 Å². The average molecular weight is 866 g/mol. The Bertz CT molecular complexity index is 1620. The number of halogens is 2. The number of rotatable bonds is 7. The molecule has 0 bridgehead atoms. The second-order valence-electron chi connectivity index (χ2n) is 12.2. The van der Waals surface area contributed by atoms with E-state index in [1.807, 2.05) is 54.6 Å². The Hall–Kier alpha value is -2.14. The van der Waals surface area contributed by atoms with E-state index in [-0.39, 0.29) is 33.7 Å². The third-order valence-electron chi connectivity index (χ3n) is 8.78. The van der Waals surface area contributed by atoms with E-state index in [1.54, 1.807) is 19.5 Å². The first-order chi connectivity index (χ1) is 24.1. The summed E-state index contributed by atoms with van der Waals surface area (Å²) in [6, 6.07) is 34.1. The van der Waals surface area contributed by atoms with Gasteiger partial charge in [-0.3, -0.25) is 4.55 Å². The Morgan fingerprint density at radius 2 is 1.20 bits per heavy atom. The molecule has 0 amide bonds. The fourth-order valence-electron chi connectivity index (χ4n) is 6.74. The monoisotopic (exact) mass is 864 g/mol. The van der Waals surface area contributed by atoms with Gasteiger partial charge in [0, 0.05) is 20.4 Å². The molecule has 51 heavy (non-hydrogen) atoms. The molecule has 6 nitrogen and oxygen atoms in total. The molecule has 0 radical (unpaired) electrons. The fraction of sp³-hybridized carbons (Fsp3) is 0.400. The van der Waals surface area contributed by atoms with Crippen LogP contribution in [0.1, 0.15) is 64.2 Å². The molecule has 0 heterocycles. The zero-order valence-corrected chi connectivity index (χ0v) is 34.5. The van der Waals surface area contributed by atoms with E-state index in [0.717, 1.165) is 45.2 Å². The van der Waals surface area contributed by atoms with Crippen LogP contribution in [0.2, 0.25) is 0 Å². The van der Waals surface area contributed by atoms with Gasteiger partial charge in [0.15, 0.2) is 0 Å². The van der Waals surface area contributed by atoms with Crippen LogP contribution in [0.3, 0.4) is 0 Å². The first kappa shape index (κ1) is 45.0. The molecule has 2 fully saturated rings. The number of methoxy groups -OCH3 is 2. The molecular weight excluding hydrogens is 815 g/mol. The van der Waals surface area contributed by atoms with E-state index >= 15 is 0 Å². The largest absolute Gasteiger partial charge is 0.496 e. The van der Waals surface area contributed by atoms with Crippen LogP contribution in [-0.2, 0) is 30.5 Å². The minimum absolute atomic E-state index is 0. The number of hydrogen-bond donors (Lipinski definition) is 2. The van der Waals surface area contributed by atoms with E-state index in [4.69, 9.17) is 43.0 Å². The molecule has 2 aliphatic carbocycles. The maximum atomic E-state index is 9.19. The van der Waals surface area contributed by atoms with Crippen molar-refractivity contribution in [2.24, 2.45) is 0 Å². The van der Waals surface area contributed by atoms with Crippen molar-refractivity contribution in [2.75, 3.05) is 31.5 Å². The SMILES string of the molecule is COc1cccc(OC)c1-c1ccccc1P(C1CCCCC1)C1CCCCC1.CS(=O)(=O)O.ClCCl.Nc1ccccc1-c1[c-]cccc1.[Pd]. The number of anilines is 1. The second-order valence-corrected chi connectivity index (χ2v) is 17.3. The predicted molar refractivity (Wildman–Crippen MR) is 214 cm³/mol. The normalized spacial score (nSPS) is 14.6. The third kappa shape index (κ3) is 15.0. The summed E-state index contributed by atoms with van der Waals surface area (Å²) >= 11 is 9.53. The smallest absolute Gasteiger partial charge is 0.261 e. The van der Waals surface area contributed by atoms with Gasteiger partial charge in [0.1, 0.15) is 11.5 Å². The van der Waals surface area contributed by atoms with Crippen molar-refractivity contribution in [1.82, 2.24) is 0 Å². The third-order valence-corrected chi connectivity index (χ3v) is 12.3. The van der Waals surface area contributed by atoms with Crippen LogP contribution in [0, 0.1) is 6.07 Å². The van der Waals surface area contributed by atoms with Gasteiger partial charge >= 0.3 is 0 Å². The van der Waals surface area contributed by atoms with Gasteiger partial charge < -0.3 is 15.2 Å². The van der Waals surface area contributed by atoms with Crippen molar-refractivity contribution in [2.45, 2.75) is 75.5 Å². The minimum Gasteiger partial charge on any atom is -0.496 e. The average Bonchev–Trinajstić information content (AvgIpc) is 3.13. The van der Waals surface area contributed by atoms with Crippen LogP contribution in [0.5, 0.6) is 11.5 Å². The van der Waals surface area contributed by atoms with E-state index in [1.165, 1.54) is 69.8 Å². The van der Waals surface area contributed by atoms with Gasteiger partial charge in [-0.25, -0.2) is 0 Å². The molecule has 3 N–H and O–H groups in total. The first-order valence-electron chi connectivity index (χ1n) is 17.1. The zero-order valence-electron chi connectivity index (χ0n) is 29.7. The summed E-state index contributed by atoms with van der Waals surface area (Å²) in [6.07, 6.45) is 14.9. The van der Waals surface area contributed by atoms with Gasteiger partial charge in [-0.1, -0.05) is 101 Å². The molecule has 0 aliphatic heterocycles. The van der Waals surface area contributed by atoms with Gasteiger partial charge in [-0.2, -0.15) is 8.42 Å². The molecule has 11 heteroatoms. The maximum Gasteiger partial charge on any atom is 0.261 e. The Kier molecular flexibility index (Phi) is 21.4. The molecule has 0 unspecified atom stereocenters. The molecule has 0 spiro atoms. The van der Waals surface area contributed by atoms with Crippen LogP contribution in [-0.4, -0.2) is 50.1 Å². The molecule has 0 saturated heterocycles. The zero-order chi connectivity index (χ0) is 36.4. The predicted octanol–water partition coefficient (Wildman–Crippen LogP) is 10.8. The molecule has 4 aromatic carbocycles. The summed E-state index contributed by atoms with van der Waals surface area (Å²) in [5, 5.41) is 1.78. The van der Waals surface area contributed by atoms with Gasteiger partial charge in [0.05, 0.1) is 31.4 Å². The van der Waals surface area contributed by atoms with Crippen LogP contribution >= 0.6 is 31.1 Å². The molecule has 2 saturated carbocycles. The number of ether oxygens (including phenoxy) is 2. The van der Waals surface area contributed by atoms with Crippen LogP contribution < -0.4 is 20.5 Å². The fourth-order valence-corrected chi connectivity index (χ4v) is 10.7. The Balaban J connectivity index is 0.000000338. The second kappa shape index (κ2) is 24.2. The van der Waals surface area contributed by atoms with Gasteiger partial charge in [-0.05, 0) is 71.8 Å². The molecule has 6 rings (SSSR count). The standard InChI is InChI=1S/C26H35O2P.C12H10N.CH2Cl2.CH4O3S.Pd/c1-27-23-17-11-18-24(28-2)26(23)22-16-9-10-19-25(22)29(20-12-5-3-6-13-20)21-14-7-4-8-15-21;13-12-9-5-4-8-11(12)10-6-2-1-3-7-10;2-1-3;1-5(2,3)4;/h9-11,16-21H,3-8,12-15H2,1-2H3;1-6,8-9H,13H2;1H2;1H3,(H,2,3,4);/q;-1;;;. The number of hydrogen-bond acceptors (Lipinski definition) is 5. The Morgan fingerprint density at radius 3 is 1.65 bits per heavy atom. The quantitative estimate of drug-likeness (QED) is 0.0479. The van der Waals surface area contributed by atoms with Crippen molar-refractivity contribution in [3.05, 3.63) is 97.1 Å². The molecule has 4 aromatic rings. The number of nitrogens with two attached hydrogens (primary N) is 1. The Morgan fingerprint density at radius 1 is 0.745 bits per heavy atom. The minimum atomic E-state index is -3.67. The number of nitrogen functional groups attached to an aromatic ring is 1. The van der Waals surface area contributed by atoms with Gasteiger partial charge in [0.2, 0.25) is 0 Å².